The lowest BCUT2D eigenvalue weighted by atomic mass is 9.83. The summed E-state index contributed by atoms with van der Waals surface area (Å²) >= 11 is 0. The van der Waals surface area contributed by atoms with E-state index >= 15 is 0 Å². The number of likely N-dealkylation sites (tertiary alicyclic amines) is 1. The fourth-order valence-corrected chi connectivity index (χ4v) is 7.31. The van der Waals surface area contributed by atoms with Crippen molar-refractivity contribution in [2.24, 2.45) is 17.6 Å². The van der Waals surface area contributed by atoms with E-state index in [9.17, 15) is 38.4 Å². The van der Waals surface area contributed by atoms with Crippen molar-refractivity contribution < 1.29 is 47.8 Å². The van der Waals surface area contributed by atoms with Crippen molar-refractivity contribution in [3.05, 3.63) is 60.2 Å². The number of nitrogens with one attached hydrogen (secondary N) is 6. The number of nitrogens with two attached hydrogens (primary N) is 1. The van der Waals surface area contributed by atoms with Crippen LogP contribution in [0, 0.1) is 11.8 Å². The van der Waals surface area contributed by atoms with Gasteiger partial charge in [-0.25, -0.2) is 9.59 Å². The van der Waals surface area contributed by atoms with Gasteiger partial charge in [-0.3, -0.25) is 28.8 Å². The minimum atomic E-state index is -1.34. The molecule has 1 saturated carbocycles. The molecule has 1 heterocycles. The van der Waals surface area contributed by atoms with Crippen LogP contribution in [-0.4, -0.2) is 103 Å². The SMILES string of the molecule is CCCC(NC(=O)[C@@H]1C[C@@H](NC(=O)Nc2ccc(OC)cc2)CN1C(=O)[C@@H](NC(=O)OCC(C)C)C1CCCCC1)C(=O)C(=O)NCC(=O)N[C@H](C(N)=O)c1ccccc1. The van der Waals surface area contributed by atoms with Crippen molar-refractivity contribution in [3.63, 3.8) is 0 Å². The summed E-state index contributed by atoms with van der Waals surface area (Å²) in [5.74, 6) is -4.71. The van der Waals surface area contributed by atoms with E-state index in [1.807, 2.05) is 13.8 Å². The Labute approximate surface area is 349 Å². The van der Waals surface area contributed by atoms with Crippen LogP contribution in [0.5, 0.6) is 5.75 Å². The second-order valence-corrected chi connectivity index (χ2v) is 15.5. The molecule has 4 rings (SSSR count). The van der Waals surface area contributed by atoms with Gasteiger partial charge >= 0.3 is 12.1 Å². The summed E-state index contributed by atoms with van der Waals surface area (Å²) in [6.45, 7) is 4.88. The summed E-state index contributed by atoms with van der Waals surface area (Å²) in [5, 5.41) is 15.6. The number of hydrogen-bond donors (Lipinski definition) is 7. The lowest BCUT2D eigenvalue weighted by molar-refractivity contribution is -0.143. The molecular weight excluding hydrogens is 777 g/mol. The second-order valence-electron chi connectivity index (χ2n) is 15.5. The van der Waals surface area contributed by atoms with E-state index in [0.717, 1.165) is 19.3 Å². The zero-order valence-corrected chi connectivity index (χ0v) is 34.6. The Morgan fingerprint density at radius 2 is 1.57 bits per heavy atom. The van der Waals surface area contributed by atoms with Crippen molar-refractivity contribution in [2.75, 3.05) is 32.1 Å². The monoisotopic (exact) mass is 834 g/mol. The van der Waals surface area contributed by atoms with E-state index in [0.29, 0.717) is 36.3 Å². The van der Waals surface area contributed by atoms with Gasteiger partial charge in [0.05, 0.1) is 32.3 Å². The van der Waals surface area contributed by atoms with Gasteiger partial charge in [0.1, 0.15) is 23.9 Å². The molecule has 0 bridgehead atoms. The number of ketones is 1. The van der Waals surface area contributed by atoms with Crippen LogP contribution >= 0.6 is 0 Å². The standard InChI is InChI=1S/C42H58N8O10/c1-5-12-31(36(52)39(55)44-22-33(51)48-34(37(43)53)26-13-8-6-9-14-26)47-38(54)32-21-29(46-41(57)45-28-17-19-30(59-4)20-18-28)23-50(32)40(56)35(27-15-10-7-11-16-27)49-42(58)60-24-25(2)3/h6,8-9,13-14,17-20,25,27,29,31-32,34-35H,5,7,10-12,15-16,21-24H2,1-4H3,(H2,43,53)(H,44,55)(H,47,54)(H,48,51)(H,49,58)(H2,45,46,57)/t29-,31?,32+,34+,35+/m1/s1. The van der Waals surface area contributed by atoms with Crippen LogP contribution in [0.2, 0.25) is 0 Å². The van der Waals surface area contributed by atoms with Gasteiger partial charge in [0.25, 0.3) is 5.91 Å². The topological polar surface area (TPSA) is 256 Å². The lowest BCUT2D eigenvalue weighted by Crippen LogP contribution is -2.58. The molecule has 0 aromatic heterocycles. The minimum absolute atomic E-state index is 0.0442. The van der Waals surface area contributed by atoms with Crippen molar-refractivity contribution >= 4 is 53.1 Å². The Bertz CT molecular complexity index is 1820. The number of amides is 8. The number of carbonyl (C=O) groups excluding carboxylic acids is 8. The molecule has 1 saturated heterocycles. The predicted molar refractivity (Wildman–Crippen MR) is 220 cm³/mol. The molecule has 2 fully saturated rings. The number of primary amides is 1. The molecule has 2 aromatic rings. The van der Waals surface area contributed by atoms with Gasteiger partial charge in [0, 0.05) is 12.2 Å². The van der Waals surface area contributed by atoms with Gasteiger partial charge in [-0.15, -0.1) is 0 Å². The molecule has 326 valence electrons. The number of nitrogens with zero attached hydrogens (tertiary/aromatic N) is 1. The number of ether oxygens (including phenoxy) is 2. The number of hydrogen-bond acceptors (Lipinski definition) is 10. The van der Waals surface area contributed by atoms with Crippen LogP contribution in [0.15, 0.2) is 54.6 Å². The Hall–Kier alpha value is -6.20. The van der Waals surface area contributed by atoms with Crippen molar-refractivity contribution in [3.8, 4) is 5.75 Å². The maximum absolute atomic E-state index is 14.6. The average molecular weight is 835 g/mol. The number of carbonyl (C=O) groups is 8. The molecule has 2 aliphatic rings. The fourth-order valence-electron chi connectivity index (χ4n) is 7.31. The van der Waals surface area contributed by atoms with Crippen molar-refractivity contribution in [2.45, 2.75) is 102 Å². The Morgan fingerprint density at radius 3 is 2.18 bits per heavy atom. The molecule has 1 unspecified atom stereocenters. The molecule has 18 heteroatoms. The number of urea groups is 1. The molecular formula is C42H58N8O10. The second kappa shape index (κ2) is 22.8. The van der Waals surface area contributed by atoms with Gasteiger partial charge in [0.2, 0.25) is 29.4 Å². The van der Waals surface area contributed by atoms with Gasteiger partial charge in [-0.1, -0.05) is 76.8 Å². The molecule has 8 N–H and O–H groups in total. The summed E-state index contributed by atoms with van der Waals surface area (Å²) in [7, 11) is 1.52. The van der Waals surface area contributed by atoms with Crippen LogP contribution in [-0.2, 0) is 33.5 Å². The largest absolute Gasteiger partial charge is 0.497 e. The molecule has 18 nitrogen and oxygen atoms in total. The quantitative estimate of drug-likeness (QED) is 0.102. The van der Waals surface area contributed by atoms with E-state index < -0.39 is 84.2 Å². The van der Waals surface area contributed by atoms with Gasteiger partial charge in [-0.2, -0.15) is 0 Å². The lowest BCUT2D eigenvalue weighted by Gasteiger charge is -2.34. The predicted octanol–water partition coefficient (Wildman–Crippen LogP) is 2.43. The third kappa shape index (κ3) is 13.7. The third-order valence-electron chi connectivity index (χ3n) is 10.3. The van der Waals surface area contributed by atoms with Crippen LogP contribution < -0.4 is 42.4 Å². The molecule has 2 aromatic carbocycles. The number of benzene rings is 2. The molecule has 8 amide bonds. The first-order chi connectivity index (χ1) is 28.7. The summed E-state index contributed by atoms with van der Waals surface area (Å²) in [5.41, 5.74) is 6.37. The van der Waals surface area contributed by atoms with Gasteiger partial charge < -0.3 is 52.0 Å². The highest BCUT2D eigenvalue weighted by Gasteiger charge is 2.45. The highest BCUT2D eigenvalue weighted by Crippen LogP contribution is 2.30. The molecule has 1 aliphatic carbocycles. The average Bonchev–Trinajstić information content (AvgIpc) is 3.66. The molecule has 0 radical (unpaired) electrons. The molecule has 60 heavy (non-hydrogen) atoms. The Balaban J connectivity index is 1.51. The van der Waals surface area contributed by atoms with Gasteiger partial charge in [0.15, 0.2) is 0 Å². The fraction of sp³-hybridized carbons (Fsp3) is 0.524. The summed E-state index contributed by atoms with van der Waals surface area (Å²) in [4.78, 5) is 108. The molecule has 0 spiro atoms. The van der Waals surface area contributed by atoms with E-state index in [1.165, 1.54) is 12.0 Å². The zero-order valence-electron chi connectivity index (χ0n) is 34.6. The Kier molecular flexibility index (Phi) is 17.7. The van der Waals surface area contributed by atoms with Crippen LogP contribution in [0.4, 0.5) is 15.3 Å². The number of alkyl carbamates (subject to hydrolysis) is 1. The highest BCUT2D eigenvalue weighted by molar-refractivity contribution is 6.38. The van der Waals surface area contributed by atoms with Crippen molar-refractivity contribution in [1.82, 2.24) is 31.5 Å². The normalized spacial score (nSPS) is 17.9. The van der Waals surface area contributed by atoms with Crippen LogP contribution in [0.1, 0.15) is 83.7 Å². The third-order valence-corrected chi connectivity index (χ3v) is 10.3. The summed E-state index contributed by atoms with van der Waals surface area (Å²) < 4.78 is 10.6. The minimum Gasteiger partial charge on any atom is -0.497 e. The smallest absolute Gasteiger partial charge is 0.407 e. The summed E-state index contributed by atoms with van der Waals surface area (Å²) in [6.07, 6.45) is 3.59. The number of methoxy groups -OCH3 is 1. The first-order valence-corrected chi connectivity index (χ1v) is 20.4. The van der Waals surface area contributed by atoms with Gasteiger partial charge in [-0.05, 0) is 67.3 Å². The first-order valence-electron chi connectivity index (χ1n) is 20.4. The van der Waals surface area contributed by atoms with E-state index in [4.69, 9.17) is 15.2 Å². The number of rotatable bonds is 19. The van der Waals surface area contributed by atoms with E-state index in [2.05, 4.69) is 31.9 Å². The molecule has 1 aliphatic heterocycles. The first kappa shape index (κ1) is 46.5. The highest BCUT2D eigenvalue weighted by atomic mass is 16.5. The number of Topliss-reactive ketones (excluding diaryl/α,β-unsaturated/α-hetero) is 1. The summed E-state index contributed by atoms with van der Waals surface area (Å²) in [6, 6.07) is 8.78. The number of anilines is 1. The maximum Gasteiger partial charge on any atom is 0.407 e. The zero-order chi connectivity index (χ0) is 43.8. The maximum atomic E-state index is 14.6. The Morgan fingerprint density at radius 1 is 0.883 bits per heavy atom. The molecule has 5 atom stereocenters. The van der Waals surface area contributed by atoms with Crippen LogP contribution in [0.25, 0.3) is 0 Å². The van der Waals surface area contributed by atoms with E-state index in [-0.39, 0.29) is 37.8 Å². The van der Waals surface area contributed by atoms with Crippen LogP contribution in [0.3, 0.4) is 0 Å². The van der Waals surface area contributed by atoms with Crippen molar-refractivity contribution in [1.29, 1.82) is 0 Å². The van der Waals surface area contributed by atoms with E-state index in [1.54, 1.807) is 61.5 Å².